The van der Waals surface area contributed by atoms with E-state index < -0.39 is 0 Å². The number of hydrogen-bond acceptors (Lipinski definition) is 2. The number of guanidine groups is 1. The molecule has 136 valence electrons. The standard InChI is InChI=1S/C21H32N4/c1-3-22-21(25-13-10-17(15-25)24-11-6-7-12-24)23-20-14-19(20)18-9-5-4-8-16(18)2/h4-5,8-9,17,19-20H,3,6-7,10-15H2,1-2H3,(H,22,23). The number of nitrogens with zero attached hydrogens (tertiary/aromatic N) is 3. The summed E-state index contributed by atoms with van der Waals surface area (Å²) in [5.74, 6) is 1.80. The van der Waals surface area contributed by atoms with Gasteiger partial charge in [-0.15, -0.1) is 0 Å². The average molecular weight is 341 g/mol. The molecule has 0 amide bonds. The molecular formula is C21H32N4. The summed E-state index contributed by atoms with van der Waals surface area (Å²) in [6.07, 6.45) is 5.28. The molecule has 3 unspecified atom stereocenters. The van der Waals surface area contributed by atoms with E-state index in [0.717, 1.165) is 31.6 Å². The Labute approximate surface area is 152 Å². The molecule has 1 aromatic rings. The monoisotopic (exact) mass is 340 g/mol. The molecule has 2 aliphatic heterocycles. The van der Waals surface area contributed by atoms with Crippen LogP contribution in [0.4, 0.5) is 0 Å². The summed E-state index contributed by atoms with van der Waals surface area (Å²) in [6.45, 7) is 10.1. The van der Waals surface area contributed by atoms with E-state index in [0.29, 0.717) is 12.0 Å². The molecule has 0 bridgehead atoms. The molecule has 2 saturated heterocycles. The van der Waals surface area contributed by atoms with Gasteiger partial charge in [-0.3, -0.25) is 9.89 Å². The van der Waals surface area contributed by atoms with Crippen LogP contribution in [0.2, 0.25) is 0 Å². The fourth-order valence-electron chi connectivity index (χ4n) is 4.59. The largest absolute Gasteiger partial charge is 0.353 e. The maximum Gasteiger partial charge on any atom is 0.194 e. The number of benzene rings is 1. The molecule has 1 N–H and O–H groups in total. The number of nitrogens with one attached hydrogen (secondary N) is 1. The maximum absolute atomic E-state index is 4.81. The second-order valence-corrected chi connectivity index (χ2v) is 7.88. The predicted molar refractivity (Wildman–Crippen MR) is 104 cm³/mol. The van der Waals surface area contributed by atoms with Gasteiger partial charge in [0.1, 0.15) is 0 Å². The molecule has 2 heterocycles. The highest BCUT2D eigenvalue weighted by Gasteiger charge is 2.41. The molecule has 4 heteroatoms. The fourth-order valence-corrected chi connectivity index (χ4v) is 4.59. The van der Waals surface area contributed by atoms with Crippen molar-refractivity contribution in [3.8, 4) is 0 Å². The van der Waals surface area contributed by atoms with Crippen molar-refractivity contribution in [2.45, 2.75) is 57.5 Å². The van der Waals surface area contributed by atoms with E-state index in [1.165, 1.54) is 49.9 Å². The number of aliphatic imine (C=N–C) groups is 1. The normalized spacial score (nSPS) is 30.1. The molecule has 0 aromatic heterocycles. The van der Waals surface area contributed by atoms with Gasteiger partial charge in [-0.1, -0.05) is 24.3 Å². The predicted octanol–water partition coefficient (Wildman–Crippen LogP) is 2.99. The van der Waals surface area contributed by atoms with Crippen molar-refractivity contribution < 1.29 is 0 Å². The molecule has 25 heavy (non-hydrogen) atoms. The first-order valence-corrected chi connectivity index (χ1v) is 10.1. The Bertz CT molecular complexity index is 620. The van der Waals surface area contributed by atoms with Crippen molar-refractivity contribution in [2.75, 3.05) is 32.7 Å². The first kappa shape index (κ1) is 16.9. The van der Waals surface area contributed by atoms with Crippen molar-refractivity contribution in [1.82, 2.24) is 15.1 Å². The molecule has 0 spiro atoms. The van der Waals surface area contributed by atoms with Crippen LogP contribution in [0.1, 0.15) is 49.7 Å². The molecule has 4 rings (SSSR count). The maximum atomic E-state index is 4.81. The van der Waals surface area contributed by atoms with Crippen LogP contribution < -0.4 is 5.32 Å². The summed E-state index contributed by atoms with van der Waals surface area (Å²) in [4.78, 5) is 10.0. The Balaban J connectivity index is 1.37. The van der Waals surface area contributed by atoms with Gasteiger partial charge in [0, 0.05) is 37.6 Å². The van der Waals surface area contributed by atoms with Crippen LogP contribution >= 0.6 is 0 Å². The van der Waals surface area contributed by atoms with Crippen molar-refractivity contribution in [3.05, 3.63) is 35.4 Å². The zero-order valence-electron chi connectivity index (χ0n) is 15.7. The van der Waals surface area contributed by atoms with Gasteiger partial charge < -0.3 is 10.2 Å². The van der Waals surface area contributed by atoms with Crippen molar-refractivity contribution >= 4 is 5.96 Å². The summed E-state index contributed by atoms with van der Waals surface area (Å²) in [5, 5.41) is 3.78. The van der Waals surface area contributed by atoms with Gasteiger partial charge in [0.25, 0.3) is 0 Å². The molecule has 3 aliphatic rings. The highest BCUT2D eigenvalue weighted by Crippen LogP contribution is 2.42. The third-order valence-corrected chi connectivity index (χ3v) is 6.12. The van der Waals surface area contributed by atoms with Crippen molar-refractivity contribution in [1.29, 1.82) is 0 Å². The second-order valence-electron chi connectivity index (χ2n) is 7.88. The minimum atomic E-state index is 0.553. The molecule has 1 aromatic carbocycles. The second kappa shape index (κ2) is 7.36. The smallest absolute Gasteiger partial charge is 0.194 e. The van der Waals surface area contributed by atoms with E-state index in [4.69, 9.17) is 4.99 Å². The van der Waals surface area contributed by atoms with Gasteiger partial charge in [0.2, 0.25) is 0 Å². The third kappa shape index (κ3) is 3.69. The first-order chi connectivity index (χ1) is 12.3. The molecule has 0 radical (unpaired) electrons. The Morgan fingerprint density at radius 3 is 2.76 bits per heavy atom. The van der Waals surface area contributed by atoms with Crippen LogP contribution in [0.3, 0.4) is 0 Å². The lowest BCUT2D eigenvalue weighted by Crippen LogP contribution is -2.43. The minimum absolute atomic E-state index is 0.553. The Kier molecular flexibility index (Phi) is 4.98. The lowest BCUT2D eigenvalue weighted by Gasteiger charge is -2.25. The van der Waals surface area contributed by atoms with E-state index >= 15 is 0 Å². The van der Waals surface area contributed by atoms with Gasteiger partial charge >= 0.3 is 0 Å². The third-order valence-electron chi connectivity index (χ3n) is 6.12. The van der Waals surface area contributed by atoms with E-state index in [2.05, 4.69) is 53.2 Å². The molecular weight excluding hydrogens is 308 g/mol. The van der Waals surface area contributed by atoms with E-state index in [9.17, 15) is 0 Å². The lowest BCUT2D eigenvalue weighted by molar-refractivity contribution is 0.249. The minimum Gasteiger partial charge on any atom is -0.353 e. The van der Waals surface area contributed by atoms with Crippen LogP contribution in [-0.2, 0) is 0 Å². The first-order valence-electron chi connectivity index (χ1n) is 10.1. The average Bonchev–Trinajstić information content (AvgIpc) is 3.05. The van der Waals surface area contributed by atoms with Crippen molar-refractivity contribution in [3.63, 3.8) is 0 Å². The topological polar surface area (TPSA) is 30.9 Å². The lowest BCUT2D eigenvalue weighted by atomic mass is 10.0. The van der Waals surface area contributed by atoms with Crippen LogP contribution in [0, 0.1) is 6.92 Å². The highest BCUT2D eigenvalue weighted by atomic mass is 15.4. The SMILES string of the molecule is CCN=C(NC1CC1c1ccccc1C)N1CCC(N2CCCC2)C1. The quantitative estimate of drug-likeness (QED) is 0.675. The highest BCUT2D eigenvalue weighted by molar-refractivity contribution is 5.81. The molecule has 3 atom stereocenters. The molecule has 4 nitrogen and oxygen atoms in total. The van der Waals surface area contributed by atoms with Crippen LogP contribution in [-0.4, -0.2) is 60.6 Å². The summed E-state index contributed by atoms with van der Waals surface area (Å²) in [6, 6.07) is 10.1. The van der Waals surface area contributed by atoms with E-state index in [1.807, 2.05) is 0 Å². The fraction of sp³-hybridized carbons (Fsp3) is 0.667. The number of likely N-dealkylation sites (tertiary alicyclic amines) is 2. The van der Waals surface area contributed by atoms with Gasteiger partial charge in [0.15, 0.2) is 5.96 Å². The summed E-state index contributed by atoms with van der Waals surface area (Å²) < 4.78 is 0. The van der Waals surface area contributed by atoms with Crippen LogP contribution in [0.15, 0.2) is 29.3 Å². The number of hydrogen-bond donors (Lipinski definition) is 1. The summed E-state index contributed by atoms with van der Waals surface area (Å²) >= 11 is 0. The van der Waals surface area contributed by atoms with Gasteiger partial charge in [0.05, 0.1) is 0 Å². The molecule has 1 aliphatic carbocycles. The van der Waals surface area contributed by atoms with Gasteiger partial charge in [-0.25, -0.2) is 0 Å². The Morgan fingerprint density at radius 1 is 1.20 bits per heavy atom. The number of rotatable bonds is 4. The Hall–Kier alpha value is -1.55. The zero-order valence-corrected chi connectivity index (χ0v) is 15.7. The molecule has 3 fully saturated rings. The van der Waals surface area contributed by atoms with E-state index in [1.54, 1.807) is 0 Å². The summed E-state index contributed by atoms with van der Waals surface area (Å²) in [5.41, 5.74) is 2.92. The van der Waals surface area contributed by atoms with Gasteiger partial charge in [-0.2, -0.15) is 0 Å². The van der Waals surface area contributed by atoms with Crippen molar-refractivity contribution in [2.24, 2.45) is 4.99 Å². The molecule has 1 saturated carbocycles. The number of aryl methyl sites for hydroxylation is 1. The van der Waals surface area contributed by atoms with Crippen LogP contribution in [0.25, 0.3) is 0 Å². The van der Waals surface area contributed by atoms with Crippen LogP contribution in [0.5, 0.6) is 0 Å². The summed E-state index contributed by atoms with van der Waals surface area (Å²) in [7, 11) is 0. The van der Waals surface area contributed by atoms with E-state index in [-0.39, 0.29) is 0 Å². The van der Waals surface area contributed by atoms with Gasteiger partial charge in [-0.05, 0) is 63.7 Å². The Morgan fingerprint density at radius 2 is 2.00 bits per heavy atom. The zero-order chi connectivity index (χ0) is 17.2.